The summed E-state index contributed by atoms with van der Waals surface area (Å²) in [5, 5.41) is 3.49. The Balaban J connectivity index is 2.51. The Morgan fingerprint density at radius 3 is 2.69 bits per heavy atom. The second kappa shape index (κ2) is 4.10. The van der Waals surface area contributed by atoms with E-state index in [2.05, 4.69) is 44.3 Å². The molecule has 1 heterocycles. The van der Waals surface area contributed by atoms with E-state index >= 15 is 0 Å². The van der Waals surface area contributed by atoms with E-state index in [1.165, 1.54) is 11.1 Å². The molecule has 1 atom stereocenters. The maximum Gasteiger partial charge on any atom is 0.122 e. The van der Waals surface area contributed by atoms with Gasteiger partial charge in [0.05, 0.1) is 7.11 Å². The molecule has 1 aliphatic rings. The number of fused-ring (bicyclic) bond motifs is 1. The molecule has 0 radical (unpaired) electrons. The van der Waals surface area contributed by atoms with Gasteiger partial charge in [-0.15, -0.1) is 0 Å². The lowest BCUT2D eigenvalue weighted by molar-refractivity contribution is 0.285. The van der Waals surface area contributed by atoms with Crippen molar-refractivity contribution >= 4 is 0 Å². The Morgan fingerprint density at radius 2 is 2.06 bits per heavy atom. The summed E-state index contributed by atoms with van der Waals surface area (Å²) in [6.45, 7) is 8.87. The maximum atomic E-state index is 5.51. The van der Waals surface area contributed by atoms with Gasteiger partial charge in [-0.3, -0.25) is 0 Å². The smallest absolute Gasteiger partial charge is 0.122 e. The van der Waals surface area contributed by atoms with Gasteiger partial charge >= 0.3 is 0 Å². The Kier molecular flexibility index (Phi) is 2.94. The quantitative estimate of drug-likeness (QED) is 0.784. The van der Waals surface area contributed by atoms with Gasteiger partial charge in [-0.25, -0.2) is 0 Å². The van der Waals surface area contributed by atoms with Crippen molar-refractivity contribution in [1.29, 1.82) is 0 Å². The molecule has 88 valence electrons. The van der Waals surface area contributed by atoms with E-state index in [-0.39, 0.29) is 5.41 Å². The van der Waals surface area contributed by atoms with Crippen LogP contribution in [-0.4, -0.2) is 13.7 Å². The number of ether oxygens (including phenoxy) is 1. The number of rotatable bonds is 1. The second-order valence-corrected chi connectivity index (χ2v) is 5.58. The van der Waals surface area contributed by atoms with Gasteiger partial charge in [0.15, 0.2) is 0 Å². The van der Waals surface area contributed by atoms with Gasteiger partial charge in [0.25, 0.3) is 0 Å². The van der Waals surface area contributed by atoms with Crippen LogP contribution in [0.25, 0.3) is 0 Å². The summed E-state index contributed by atoms with van der Waals surface area (Å²) in [6, 6.07) is 6.34. The zero-order valence-electron chi connectivity index (χ0n) is 10.6. The van der Waals surface area contributed by atoms with Crippen LogP contribution in [0.5, 0.6) is 5.75 Å². The second-order valence-electron chi connectivity index (χ2n) is 5.58. The molecule has 1 N–H and O–H groups in total. The minimum absolute atomic E-state index is 0.261. The first-order valence-corrected chi connectivity index (χ1v) is 5.90. The molecular formula is C14H21NO. The summed E-state index contributed by atoms with van der Waals surface area (Å²) in [5.74, 6) is 1.56. The van der Waals surface area contributed by atoms with Gasteiger partial charge < -0.3 is 10.1 Å². The van der Waals surface area contributed by atoms with Crippen LogP contribution in [0.1, 0.15) is 37.8 Å². The van der Waals surface area contributed by atoms with Crippen molar-refractivity contribution in [2.75, 3.05) is 13.7 Å². The van der Waals surface area contributed by atoms with Crippen LogP contribution in [0.2, 0.25) is 0 Å². The fourth-order valence-electron chi connectivity index (χ4n) is 2.51. The van der Waals surface area contributed by atoms with Gasteiger partial charge in [-0.05, 0) is 17.0 Å². The van der Waals surface area contributed by atoms with Crippen LogP contribution >= 0.6 is 0 Å². The topological polar surface area (TPSA) is 21.3 Å². The molecule has 2 rings (SSSR count). The number of nitrogens with one attached hydrogen (secondary N) is 1. The Hall–Kier alpha value is -1.02. The third-order valence-corrected chi connectivity index (χ3v) is 3.43. The molecular weight excluding hydrogens is 198 g/mol. The predicted molar refractivity (Wildman–Crippen MR) is 66.9 cm³/mol. The average molecular weight is 219 g/mol. The number of hydrogen-bond acceptors (Lipinski definition) is 2. The van der Waals surface area contributed by atoms with E-state index < -0.39 is 0 Å². The van der Waals surface area contributed by atoms with Crippen molar-refractivity contribution in [2.24, 2.45) is 5.41 Å². The third-order valence-electron chi connectivity index (χ3n) is 3.43. The molecule has 1 aromatic rings. The van der Waals surface area contributed by atoms with E-state index in [1.807, 2.05) is 0 Å². The molecule has 1 unspecified atom stereocenters. The van der Waals surface area contributed by atoms with E-state index in [9.17, 15) is 0 Å². The van der Waals surface area contributed by atoms with E-state index in [0.717, 1.165) is 18.8 Å². The highest BCUT2D eigenvalue weighted by Crippen LogP contribution is 2.42. The summed E-state index contributed by atoms with van der Waals surface area (Å²) >= 11 is 0. The Bertz CT molecular complexity index is 365. The first-order chi connectivity index (χ1) is 7.54. The van der Waals surface area contributed by atoms with Crippen molar-refractivity contribution in [3.63, 3.8) is 0 Å². The largest absolute Gasteiger partial charge is 0.496 e. The van der Waals surface area contributed by atoms with Gasteiger partial charge in [-0.2, -0.15) is 0 Å². The van der Waals surface area contributed by atoms with E-state index in [0.29, 0.717) is 5.92 Å². The molecule has 0 saturated heterocycles. The molecule has 0 spiro atoms. The fourth-order valence-corrected chi connectivity index (χ4v) is 2.51. The van der Waals surface area contributed by atoms with Gasteiger partial charge in [0.1, 0.15) is 5.75 Å². The first kappa shape index (κ1) is 11.5. The maximum absolute atomic E-state index is 5.51. The normalized spacial score (nSPS) is 20.4. The average Bonchev–Trinajstić information content (AvgIpc) is 2.26. The summed E-state index contributed by atoms with van der Waals surface area (Å²) in [6.07, 6.45) is 0. The summed E-state index contributed by atoms with van der Waals surface area (Å²) in [7, 11) is 1.76. The lowest BCUT2D eigenvalue weighted by Gasteiger charge is -2.37. The lowest BCUT2D eigenvalue weighted by atomic mass is 9.73. The summed E-state index contributed by atoms with van der Waals surface area (Å²) in [5.41, 5.74) is 3.04. The van der Waals surface area contributed by atoms with Crippen molar-refractivity contribution in [1.82, 2.24) is 5.32 Å². The Labute approximate surface area is 98.0 Å². The molecule has 16 heavy (non-hydrogen) atoms. The Morgan fingerprint density at radius 1 is 1.31 bits per heavy atom. The molecule has 1 aliphatic heterocycles. The zero-order chi connectivity index (χ0) is 11.8. The van der Waals surface area contributed by atoms with Gasteiger partial charge in [0, 0.05) is 24.6 Å². The van der Waals surface area contributed by atoms with Crippen molar-refractivity contribution in [3.8, 4) is 5.75 Å². The van der Waals surface area contributed by atoms with Crippen molar-refractivity contribution in [2.45, 2.75) is 33.2 Å². The summed E-state index contributed by atoms with van der Waals surface area (Å²) in [4.78, 5) is 0. The highest BCUT2D eigenvalue weighted by molar-refractivity contribution is 5.45. The lowest BCUT2D eigenvalue weighted by Crippen LogP contribution is -2.35. The standard InChI is InChI=1S/C14H21NO/c1-14(2,3)11-9-15-8-10-6-5-7-12(16-4)13(10)11/h5-7,11,15H,8-9H2,1-4H3. The molecule has 1 aromatic carbocycles. The highest BCUT2D eigenvalue weighted by atomic mass is 16.5. The summed E-state index contributed by atoms with van der Waals surface area (Å²) < 4.78 is 5.51. The first-order valence-electron chi connectivity index (χ1n) is 5.90. The van der Waals surface area contributed by atoms with Crippen LogP contribution in [0.15, 0.2) is 18.2 Å². The zero-order valence-corrected chi connectivity index (χ0v) is 10.6. The monoisotopic (exact) mass is 219 g/mol. The third kappa shape index (κ3) is 1.94. The molecule has 0 fully saturated rings. The minimum Gasteiger partial charge on any atom is -0.496 e. The molecule has 2 heteroatoms. The number of hydrogen-bond donors (Lipinski definition) is 1. The molecule has 0 aliphatic carbocycles. The van der Waals surface area contributed by atoms with E-state index in [4.69, 9.17) is 4.74 Å². The van der Waals surface area contributed by atoms with Crippen LogP contribution in [0, 0.1) is 5.41 Å². The fraction of sp³-hybridized carbons (Fsp3) is 0.571. The number of benzene rings is 1. The predicted octanol–water partition coefficient (Wildman–Crippen LogP) is 2.93. The van der Waals surface area contributed by atoms with Crippen LogP contribution in [0.3, 0.4) is 0 Å². The van der Waals surface area contributed by atoms with Crippen molar-refractivity contribution in [3.05, 3.63) is 29.3 Å². The molecule has 0 bridgehead atoms. The molecule has 0 aromatic heterocycles. The number of methoxy groups -OCH3 is 1. The van der Waals surface area contributed by atoms with Crippen LogP contribution in [0.4, 0.5) is 0 Å². The van der Waals surface area contributed by atoms with E-state index in [1.54, 1.807) is 7.11 Å². The highest BCUT2D eigenvalue weighted by Gasteiger charge is 2.32. The van der Waals surface area contributed by atoms with Crippen LogP contribution < -0.4 is 10.1 Å². The SMILES string of the molecule is COc1cccc2c1C(C(C)(C)C)CNC2. The molecule has 2 nitrogen and oxygen atoms in total. The van der Waals surface area contributed by atoms with Gasteiger partial charge in [-0.1, -0.05) is 32.9 Å². The minimum atomic E-state index is 0.261. The van der Waals surface area contributed by atoms with Gasteiger partial charge in [0.2, 0.25) is 0 Å². The molecule has 0 amide bonds. The molecule has 0 saturated carbocycles. The van der Waals surface area contributed by atoms with Crippen molar-refractivity contribution < 1.29 is 4.74 Å². The van der Waals surface area contributed by atoms with Crippen LogP contribution in [-0.2, 0) is 6.54 Å².